The van der Waals surface area contributed by atoms with Gasteiger partial charge in [-0.2, -0.15) is 0 Å². The summed E-state index contributed by atoms with van der Waals surface area (Å²) in [4.78, 5) is 45.6. The van der Waals surface area contributed by atoms with Crippen LogP contribution in [0.4, 0.5) is 0 Å². The smallest absolute Gasteiger partial charge is 0.341 e. The molecule has 1 aromatic carbocycles. The molecule has 11 nitrogen and oxygen atoms in total. The van der Waals surface area contributed by atoms with E-state index in [1.54, 1.807) is 0 Å². The van der Waals surface area contributed by atoms with Crippen LogP contribution in [0.15, 0.2) is 18.2 Å². The summed E-state index contributed by atoms with van der Waals surface area (Å²) in [5.74, 6) is -3.32. The van der Waals surface area contributed by atoms with Gasteiger partial charge in [-0.3, -0.25) is 20.4 Å². The Balaban J connectivity index is 1.96. The lowest BCUT2D eigenvalue weighted by Crippen LogP contribution is -2.43. The third-order valence-electron chi connectivity index (χ3n) is 4.16. The van der Waals surface area contributed by atoms with Crippen molar-refractivity contribution in [3.63, 3.8) is 0 Å². The highest BCUT2D eigenvalue weighted by molar-refractivity contribution is 5.96. The third-order valence-corrected chi connectivity index (χ3v) is 4.16. The summed E-state index contributed by atoms with van der Waals surface area (Å²) in [6.07, 6.45) is 2.09. The van der Waals surface area contributed by atoms with E-state index in [4.69, 9.17) is 19.7 Å². The van der Waals surface area contributed by atoms with E-state index < -0.39 is 31.1 Å². The number of carbonyl (C=O) groups excluding carboxylic acids is 2. The van der Waals surface area contributed by atoms with Crippen molar-refractivity contribution in [2.24, 2.45) is 5.92 Å². The van der Waals surface area contributed by atoms with Crippen LogP contribution in [0.25, 0.3) is 0 Å². The van der Waals surface area contributed by atoms with Crippen LogP contribution < -0.4 is 25.6 Å². The van der Waals surface area contributed by atoms with Crippen molar-refractivity contribution < 1.29 is 38.9 Å². The maximum atomic E-state index is 12.3. The molecule has 1 saturated heterocycles. The Morgan fingerprint density at radius 2 is 1.59 bits per heavy atom. The van der Waals surface area contributed by atoms with Crippen molar-refractivity contribution >= 4 is 23.8 Å². The monoisotopic (exact) mass is 409 g/mol. The number of hydrazine groups is 1. The number of carbonyl (C=O) groups is 4. The Morgan fingerprint density at radius 1 is 0.966 bits per heavy atom. The van der Waals surface area contributed by atoms with E-state index in [1.807, 2.05) is 0 Å². The molecule has 158 valence electrons. The van der Waals surface area contributed by atoms with Gasteiger partial charge < -0.3 is 25.0 Å². The van der Waals surface area contributed by atoms with Crippen molar-refractivity contribution in [2.45, 2.75) is 19.3 Å². The Hall–Kier alpha value is -3.34. The molecule has 0 aliphatic carbocycles. The van der Waals surface area contributed by atoms with Crippen molar-refractivity contribution in [1.29, 1.82) is 0 Å². The van der Waals surface area contributed by atoms with Crippen LogP contribution in [-0.2, 0) is 14.4 Å². The standard InChI is InChI=1S/C18H23N3O8/c22-15(7-11-3-5-19-6-4-11)20-21-18(27)12-1-2-13(28-9-16(23)24)14(8-12)29-10-17(25)26/h1-2,8,11,19H,3-7,9-10H2,(H,20,22)(H,21,27)(H,23,24)(H,25,26). The molecule has 0 radical (unpaired) electrons. The molecule has 0 aromatic heterocycles. The molecular formula is C18H23N3O8. The highest BCUT2D eigenvalue weighted by Gasteiger charge is 2.18. The number of nitrogens with one attached hydrogen (secondary N) is 3. The number of ether oxygens (including phenoxy) is 2. The molecule has 11 heteroatoms. The number of aliphatic carboxylic acids is 2. The van der Waals surface area contributed by atoms with Gasteiger partial charge in [-0.05, 0) is 50.0 Å². The Bertz CT molecular complexity index is 761. The zero-order valence-corrected chi connectivity index (χ0v) is 15.6. The SMILES string of the molecule is O=C(O)COc1ccc(C(=O)NNC(=O)CC2CCNCC2)cc1OCC(=O)O. The van der Waals surface area contributed by atoms with E-state index in [0.717, 1.165) is 25.9 Å². The number of hydrogen-bond acceptors (Lipinski definition) is 7. The first-order valence-corrected chi connectivity index (χ1v) is 8.98. The van der Waals surface area contributed by atoms with Gasteiger partial charge >= 0.3 is 11.9 Å². The van der Waals surface area contributed by atoms with Gasteiger partial charge in [-0.25, -0.2) is 9.59 Å². The van der Waals surface area contributed by atoms with Gasteiger partial charge in [-0.15, -0.1) is 0 Å². The molecule has 2 amide bonds. The number of carboxylic acid groups (broad SMARTS) is 2. The van der Waals surface area contributed by atoms with Crippen LogP contribution in [0, 0.1) is 5.92 Å². The second kappa shape index (κ2) is 10.9. The summed E-state index contributed by atoms with van der Waals surface area (Å²) in [6.45, 7) is 0.350. The maximum Gasteiger partial charge on any atom is 0.341 e. The van der Waals surface area contributed by atoms with E-state index in [2.05, 4.69) is 16.2 Å². The van der Waals surface area contributed by atoms with Crippen LogP contribution in [0.3, 0.4) is 0 Å². The lowest BCUT2D eigenvalue weighted by molar-refractivity contribution is -0.140. The number of hydrogen-bond donors (Lipinski definition) is 5. The summed E-state index contributed by atoms with van der Waals surface area (Å²) in [6, 6.07) is 3.82. The van der Waals surface area contributed by atoms with E-state index in [9.17, 15) is 19.2 Å². The van der Waals surface area contributed by atoms with Gasteiger partial charge in [-0.1, -0.05) is 0 Å². The van der Waals surface area contributed by atoms with Gasteiger partial charge in [0, 0.05) is 12.0 Å². The fourth-order valence-electron chi connectivity index (χ4n) is 2.76. The first-order valence-electron chi connectivity index (χ1n) is 8.98. The largest absolute Gasteiger partial charge is 0.479 e. The minimum atomic E-state index is -1.26. The molecule has 1 aliphatic heterocycles. The Morgan fingerprint density at radius 3 is 2.21 bits per heavy atom. The van der Waals surface area contributed by atoms with Crippen molar-refractivity contribution in [3.8, 4) is 11.5 Å². The van der Waals surface area contributed by atoms with Crippen molar-refractivity contribution in [3.05, 3.63) is 23.8 Å². The average molecular weight is 409 g/mol. The normalized spacial score (nSPS) is 13.9. The summed E-state index contributed by atoms with van der Waals surface area (Å²) >= 11 is 0. The summed E-state index contributed by atoms with van der Waals surface area (Å²) in [5.41, 5.74) is 4.70. The second-order valence-electron chi connectivity index (χ2n) is 6.43. The molecule has 5 N–H and O–H groups in total. The number of amides is 2. The molecule has 0 atom stereocenters. The topological polar surface area (TPSA) is 163 Å². The van der Waals surface area contributed by atoms with E-state index in [-0.39, 0.29) is 28.9 Å². The number of rotatable bonds is 9. The molecule has 0 unspecified atom stereocenters. The maximum absolute atomic E-state index is 12.3. The van der Waals surface area contributed by atoms with Gasteiger partial charge in [0.25, 0.3) is 5.91 Å². The van der Waals surface area contributed by atoms with E-state index in [1.165, 1.54) is 18.2 Å². The second-order valence-corrected chi connectivity index (χ2v) is 6.43. The van der Waals surface area contributed by atoms with Crippen molar-refractivity contribution in [2.75, 3.05) is 26.3 Å². The van der Waals surface area contributed by atoms with Crippen LogP contribution in [0.2, 0.25) is 0 Å². The lowest BCUT2D eigenvalue weighted by atomic mass is 9.94. The zero-order chi connectivity index (χ0) is 21.2. The van der Waals surface area contributed by atoms with Gasteiger partial charge in [0.1, 0.15) is 0 Å². The van der Waals surface area contributed by atoms with Crippen LogP contribution in [0.5, 0.6) is 11.5 Å². The van der Waals surface area contributed by atoms with Crippen molar-refractivity contribution in [1.82, 2.24) is 16.2 Å². The molecule has 0 saturated carbocycles. The number of carboxylic acids is 2. The summed E-state index contributed by atoms with van der Waals surface area (Å²) in [5, 5.41) is 20.7. The molecule has 1 aromatic rings. The fourth-order valence-corrected chi connectivity index (χ4v) is 2.76. The molecule has 1 fully saturated rings. The minimum Gasteiger partial charge on any atom is -0.479 e. The molecule has 1 aliphatic rings. The van der Waals surface area contributed by atoms with Crippen LogP contribution >= 0.6 is 0 Å². The summed E-state index contributed by atoms with van der Waals surface area (Å²) < 4.78 is 10.1. The number of benzene rings is 1. The number of piperidine rings is 1. The first-order chi connectivity index (χ1) is 13.8. The third kappa shape index (κ3) is 7.66. The van der Waals surface area contributed by atoms with E-state index >= 15 is 0 Å². The van der Waals surface area contributed by atoms with E-state index in [0.29, 0.717) is 6.42 Å². The molecule has 1 heterocycles. The average Bonchev–Trinajstić information content (AvgIpc) is 2.69. The Labute approximate surface area is 166 Å². The summed E-state index contributed by atoms with van der Waals surface area (Å²) in [7, 11) is 0. The van der Waals surface area contributed by atoms with Gasteiger partial charge in [0.2, 0.25) is 5.91 Å². The zero-order valence-electron chi connectivity index (χ0n) is 15.6. The molecular weight excluding hydrogens is 386 g/mol. The predicted octanol–water partition coefficient (Wildman–Crippen LogP) is -0.236. The molecule has 0 spiro atoms. The highest BCUT2D eigenvalue weighted by Crippen LogP contribution is 2.28. The minimum absolute atomic E-state index is 0.0276. The van der Waals surface area contributed by atoms with Crippen LogP contribution in [-0.4, -0.2) is 60.3 Å². The fraction of sp³-hybridized carbons (Fsp3) is 0.444. The quantitative estimate of drug-likeness (QED) is 0.346. The molecule has 0 bridgehead atoms. The first kappa shape index (κ1) is 22.0. The predicted molar refractivity (Wildman–Crippen MR) is 98.5 cm³/mol. The van der Waals surface area contributed by atoms with Crippen LogP contribution in [0.1, 0.15) is 29.6 Å². The van der Waals surface area contributed by atoms with Gasteiger partial charge in [0.15, 0.2) is 24.7 Å². The Kier molecular flexibility index (Phi) is 8.22. The lowest BCUT2D eigenvalue weighted by Gasteiger charge is -2.21. The van der Waals surface area contributed by atoms with Gasteiger partial charge in [0.05, 0.1) is 0 Å². The highest BCUT2D eigenvalue weighted by atomic mass is 16.5. The molecule has 2 rings (SSSR count). The molecule has 29 heavy (non-hydrogen) atoms.